The first-order valence-corrected chi connectivity index (χ1v) is 30.0. The van der Waals surface area contributed by atoms with Gasteiger partial charge in [-0.05, 0) is 60.8 Å². The lowest BCUT2D eigenvalue weighted by molar-refractivity contribution is -0.311. The van der Waals surface area contributed by atoms with E-state index in [1.807, 2.05) is 0 Å². The molecule has 2 rings (SSSR count). The highest BCUT2D eigenvalue weighted by atomic mass is 16.7. The Morgan fingerprint density at radius 3 is 1.72 bits per heavy atom. The van der Waals surface area contributed by atoms with Gasteiger partial charge in [-0.2, -0.15) is 0 Å². The highest BCUT2D eigenvalue weighted by Gasteiger charge is 2.46. The molecule has 0 radical (unpaired) electrons. The lowest BCUT2D eigenvalue weighted by atomic mass is 9.99. The van der Waals surface area contributed by atoms with E-state index in [2.05, 4.69) is 54.8 Å². The minimum Gasteiger partial charge on any atom is -0.458 e. The van der Waals surface area contributed by atoms with Crippen LogP contribution in [0.15, 0.2) is 11.8 Å². The van der Waals surface area contributed by atoms with Crippen molar-refractivity contribution < 1.29 is 107 Å². The molecule has 2 heterocycles. The molecule has 11 amide bonds. The summed E-state index contributed by atoms with van der Waals surface area (Å²) >= 11 is 0. The fourth-order valence-electron chi connectivity index (χ4n) is 9.31. The first-order valence-electron chi connectivity index (χ1n) is 30.0. The van der Waals surface area contributed by atoms with Crippen LogP contribution in [0.2, 0.25) is 0 Å². The number of nitrogens with two attached hydrogens (primary N) is 2. The van der Waals surface area contributed by atoms with E-state index in [-0.39, 0.29) is 6.42 Å². The van der Waals surface area contributed by atoms with E-state index in [9.17, 15) is 93.3 Å². The Balaban J connectivity index is 2.77. The van der Waals surface area contributed by atoms with Gasteiger partial charge in [-0.1, -0.05) is 77.2 Å². The number of hydrogen-bond acceptors (Lipinski definition) is 22. The Morgan fingerprint density at radius 2 is 1.19 bits per heavy atom. The van der Waals surface area contributed by atoms with Crippen LogP contribution < -0.4 is 59.3 Å². The Bertz CT molecular complexity index is 2410. The number of hydrogen-bond donors (Lipinski definition) is 18. The van der Waals surface area contributed by atoms with Crippen LogP contribution in [0.5, 0.6) is 0 Å². The Hall–Kier alpha value is -6.98. The van der Waals surface area contributed by atoms with Gasteiger partial charge in [0, 0.05) is 19.3 Å². The molecule has 506 valence electrons. The predicted molar refractivity (Wildman–Crippen MR) is 311 cm³/mol. The normalized spacial score (nSPS) is 28.0. The molecule has 0 bridgehead atoms. The summed E-state index contributed by atoms with van der Waals surface area (Å²) in [5, 5.41) is 94.2. The van der Waals surface area contributed by atoms with Crippen molar-refractivity contribution in [2.45, 2.75) is 255 Å². The second kappa shape index (κ2) is 39.9. The molecule has 17 atom stereocenters. The highest BCUT2D eigenvalue weighted by molar-refractivity contribution is 6.02. The molecule has 0 aromatic heterocycles. The summed E-state index contributed by atoms with van der Waals surface area (Å²) in [4.78, 5) is 164. The third kappa shape index (κ3) is 26.9. The molecule has 2 aliphatic heterocycles. The molecule has 33 heteroatoms. The first kappa shape index (κ1) is 78.1. The highest BCUT2D eigenvalue weighted by Crippen LogP contribution is 2.24. The summed E-state index contributed by atoms with van der Waals surface area (Å²) in [7, 11) is 0. The van der Waals surface area contributed by atoms with Crippen LogP contribution in [-0.4, -0.2) is 223 Å². The number of ether oxygens (including phenoxy) is 3. The van der Waals surface area contributed by atoms with Gasteiger partial charge in [0.25, 0.3) is 5.91 Å². The maximum absolute atomic E-state index is 14.5. The SMILES string of the molecule is C/C=C1/NC(=O)[C@@H]([C@@H](C)O)NC(=O)[C@H]([C@@H](C)O)NC(=O)[C@@H](NC(=O)[C@@H](NC(=O)CCCCCCCCCCCCC)[C@@H](C)O)[C@@H](C)OC(=O)[C@H](CCC(N)=O)NC(=O)[C@H]([C@@H](C)O[C@@H]2O[C@H](CO)[C@@H](O)[C@H](O)[C@@H]2O)NC(=O)CNC(=O)[C@H](CCC(N)=O)NC1=O. The van der Waals surface area contributed by atoms with Crippen molar-refractivity contribution in [3.05, 3.63) is 11.8 Å². The molecule has 0 aliphatic carbocycles. The van der Waals surface area contributed by atoms with Crippen molar-refractivity contribution in [1.82, 2.24) is 47.9 Å². The average Bonchev–Trinajstić information content (AvgIpc) is 1.26. The van der Waals surface area contributed by atoms with E-state index in [1.54, 1.807) is 0 Å². The van der Waals surface area contributed by atoms with Gasteiger partial charge < -0.3 is 109 Å². The predicted octanol–water partition coefficient (Wildman–Crippen LogP) is -5.96. The smallest absolute Gasteiger partial charge is 0.329 e. The van der Waals surface area contributed by atoms with Gasteiger partial charge in [0.1, 0.15) is 78.5 Å². The van der Waals surface area contributed by atoms with E-state index < -0.39 is 219 Å². The summed E-state index contributed by atoms with van der Waals surface area (Å²) in [5.41, 5.74) is 10.1. The number of amides is 11. The van der Waals surface area contributed by atoms with Crippen molar-refractivity contribution in [3.8, 4) is 0 Å². The fraction of sp³-hybridized carbons (Fsp3) is 0.750. The number of cyclic esters (lactones) is 1. The topological polar surface area (TPSA) is 534 Å². The monoisotopic (exact) mass is 1270 g/mol. The molecular weight excluding hydrogens is 1180 g/mol. The third-order valence-electron chi connectivity index (χ3n) is 14.6. The number of allylic oxidation sites excluding steroid dienone is 1. The van der Waals surface area contributed by atoms with E-state index in [0.29, 0.717) is 12.8 Å². The number of primary amides is 2. The maximum atomic E-state index is 14.5. The number of esters is 1. The van der Waals surface area contributed by atoms with Crippen LogP contribution in [0.3, 0.4) is 0 Å². The second-order valence-corrected chi connectivity index (χ2v) is 22.2. The van der Waals surface area contributed by atoms with Crippen molar-refractivity contribution in [3.63, 3.8) is 0 Å². The van der Waals surface area contributed by atoms with Crippen LogP contribution in [0.1, 0.15) is 151 Å². The zero-order chi connectivity index (χ0) is 67.2. The molecule has 0 aromatic rings. The van der Waals surface area contributed by atoms with E-state index >= 15 is 0 Å². The molecule has 0 aromatic carbocycles. The lowest BCUT2D eigenvalue weighted by Gasteiger charge is -2.41. The number of carbonyl (C=O) groups is 12. The van der Waals surface area contributed by atoms with E-state index in [4.69, 9.17) is 25.7 Å². The Morgan fingerprint density at radius 1 is 0.663 bits per heavy atom. The summed E-state index contributed by atoms with van der Waals surface area (Å²) in [6.07, 6.45) is -9.03. The van der Waals surface area contributed by atoms with Crippen LogP contribution >= 0.6 is 0 Å². The van der Waals surface area contributed by atoms with Crippen LogP contribution in [0.4, 0.5) is 0 Å². The van der Waals surface area contributed by atoms with Gasteiger partial charge in [-0.25, -0.2) is 4.79 Å². The number of carbonyl (C=O) groups excluding carboxylic acids is 12. The lowest BCUT2D eigenvalue weighted by Crippen LogP contribution is -2.64. The number of aliphatic hydroxyl groups excluding tert-OH is 7. The largest absolute Gasteiger partial charge is 0.458 e. The van der Waals surface area contributed by atoms with Crippen molar-refractivity contribution in [2.75, 3.05) is 13.2 Å². The number of aliphatic hydroxyl groups is 7. The molecule has 2 aliphatic rings. The average molecular weight is 1270 g/mol. The minimum atomic E-state index is -2.18. The van der Waals surface area contributed by atoms with Crippen LogP contribution in [-0.2, 0) is 71.7 Å². The zero-order valence-corrected chi connectivity index (χ0v) is 51.5. The fourth-order valence-corrected chi connectivity index (χ4v) is 9.31. The molecule has 2 saturated heterocycles. The molecule has 20 N–H and O–H groups in total. The summed E-state index contributed by atoms with van der Waals surface area (Å²) in [6, 6.07) is -13.9. The van der Waals surface area contributed by atoms with Gasteiger partial charge in [-0.15, -0.1) is 0 Å². The van der Waals surface area contributed by atoms with Crippen molar-refractivity contribution >= 4 is 70.9 Å². The summed E-state index contributed by atoms with van der Waals surface area (Å²) < 4.78 is 16.8. The molecular formula is C56H95N11O22. The second-order valence-electron chi connectivity index (χ2n) is 22.2. The standard InChI is InChI=1S/C56H95N11O22/c1-8-10-11-12-13-14-15-16-17-18-19-20-38(74)63-40(27(3)69)51(82)67-44-30(6)87-55(86)34(22-24-37(58)73)62-53(84)43(31(7)88-56-47(78)46(77)45(76)35(26-68)89-56)64-39(75)25-59-48(79)33(21-23-36(57)72)61-49(80)32(9-2)60-50(81)41(28(4)70)65-52(83)42(29(5)71)66-54(44)85/h9,27-31,33-35,40-47,56,68-71,76-78H,8,10-26H2,1-7H3,(H2,57,72)(H2,58,73)(H,59,79)(H,60,81)(H,61,80)(H,62,84)(H,63,74)(H,64,75)(H,65,83)(H,66,85)(H,67,82)/b32-9+/t27-,28-,29-,30-,31-,33+,34+,35-,40+,41-,42+,43+,44+,45-,46+,47+,56-/m1/s1. The number of unbranched alkanes of at least 4 members (excludes halogenated alkanes) is 10. The molecule has 89 heavy (non-hydrogen) atoms. The minimum absolute atomic E-state index is 0.0671. The summed E-state index contributed by atoms with van der Waals surface area (Å²) in [5.74, 6) is -14.5. The quantitative estimate of drug-likeness (QED) is 0.0197. The van der Waals surface area contributed by atoms with Crippen LogP contribution in [0, 0.1) is 0 Å². The maximum Gasteiger partial charge on any atom is 0.329 e. The van der Waals surface area contributed by atoms with E-state index in [1.165, 1.54) is 26.2 Å². The van der Waals surface area contributed by atoms with Gasteiger partial charge in [0.2, 0.25) is 59.1 Å². The zero-order valence-electron chi connectivity index (χ0n) is 51.5. The van der Waals surface area contributed by atoms with Gasteiger partial charge >= 0.3 is 5.97 Å². The number of rotatable bonds is 28. The molecule has 2 fully saturated rings. The molecule has 33 nitrogen and oxygen atoms in total. The van der Waals surface area contributed by atoms with Gasteiger partial charge in [0.15, 0.2) is 6.29 Å². The molecule has 0 unspecified atom stereocenters. The Labute approximate surface area is 516 Å². The van der Waals surface area contributed by atoms with Crippen molar-refractivity contribution in [1.29, 1.82) is 0 Å². The summed E-state index contributed by atoms with van der Waals surface area (Å²) in [6.45, 7) is 6.75. The molecule has 0 saturated carbocycles. The van der Waals surface area contributed by atoms with E-state index in [0.717, 1.165) is 79.2 Å². The van der Waals surface area contributed by atoms with Crippen LogP contribution in [0.25, 0.3) is 0 Å². The number of nitrogens with one attached hydrogen (secondary N) is 9. The van der Waals surface area contributed by atoms with Gasteiger partial charge in [-0.3, -0.25) is 52.7 Å². The van der Waals surface area contributed by atoms with Crippen molar-refractivity contribution in [2.24, 2.45) is 11.5 Å². The Kier molecular flexibility index (Phi) is 35.0. The van der Waals surface area contributed by atoms with Gasteiger partial charge in [0.05, 0.1) is 37.6 Å². The first-order chi connectivity index (χ1) is 41.9. The molecule has 0 spiro atoms. The third-order valence-corrected chi connectivity index (χ3v) is 14.6.